The molecule has 0 atom stereocenters. The van der Waals surface area contributed by atoms with Gasteiger partial charge in [-0.2, -0.15) is 0 Å². The van der Waals surface area contributed by atoms with E-state index in [2.05, 4.69) is 18.3 Å². The number of ketones is 1. The average molecular weight is 245 g/mol. The monoisotopic (exact) mass is 245 g/mol. The SMILES string of the molecule is CCCCCCCC(=O)c1ccc2c(c1)CCN2. The molecule has 0 spiro atoms. The Kier molecular flexibility index (Phi) is 4.80. The number of carbonyl (C=O) groups excluding carboxylic acids is 1. The molecule has 0 saturated carbocycles. The summed E-state index contributed by atoms with van der Waals surface area (Å²) < 4.78 is 0. The normalized spacial score (nSPS) is 13.2. The van der Waals surface area contributed by atoms with Gasteiger partial charge in [-0.05, 0) is 36.6 Å². The molecule has 0 saturated heterocycles. The summed E-state index contributed by atoms with van der Waals surface area (Å²) in [6.45, 7) is 3.22. The van der Waals surface area contributed by atoms with Gasteiger partial charge in [-0.1, -0.05) is 32.6 Å². The lowest BCUT2D eigenvalue weighted by atomic mass is 10.0. The van der Waals surface area contributed by atoms with Crippen LogP contribution in [0.3, 0.4) is 0 Å². The first-order chi connectivity index (χ1) is 8.81. The third-order valence-electron chi connectivity index (χ3n) is 3.64. The molecule has 0 aromatic heterocycles. The van der Waals surface area contributed by atoms with Crippen LogP contribution in [0.4, 0.5) is 5.69 Å². The number of nitrogens with one attached hydrogen (secondary N) is 1. The Labute approximate surface area is 110 Å². The van der Waals surface area contributed by atoms with E-state index in [9.17, 15) is 4.79 Å². The highest BCUT2D eigenvalue weighted by Gasteiger charge is 2.13. The van der Waals surface area contributed by atoms with Gasteiger partial charge in [0.15, 0.2) is 5.78 Å². The molecule has 1 aliphatic heterocycles. The van der Waals surface area contributed by atoms with Crippen LogP contribution in [0.25, 0.3) is 0 Å². The summed E-state index contributed by atoms with van der Waals surface area (Å²) in [5.74, 6) is 0.307. The second-order valence-corrected chi connectivity index (χ2v) is 5.14. The van der Waals surface area contributed by atoms with Crippen LogP contribution in [0.2, 0.25) is 0 Å². The number of unbranched alkanes of at least 4 members (excludes halogenated alkanes) is 4. The first kappa shape index (κ1) is 13.1. The van der Waals surface area contributed by atoms with Crippen molar-refractivity contribution in [1.29, 1.82) is 0 Å². The quantitative estimate of drug-likeness (QED) is 0.576. The van der Waals surface area contributed by atoms with E-state index < -0.39 is 0 Å². The number of hydrogen-bond donors (Lipinski definition) is 1. The van der Waals surface area contributed by atoms with Crippen LogP contribution in [0, 0.1) is 0 Å². The summed E-state index contributed by atoms with van der Waals surface area (Å²) in [6, 6.07) is 6.09. The topological polar surface area (TPSA) is 29.1 Å². The Morgan fingerprint density at radius 2 is 2.06 bits per heavy atom. The highest BCUT2D eigenvalue weighted by molar-refractivity contribution is 5.96. The zero-order chi connectivity index (χ0) is 12.8. The fourth-order valence-electron chi connectivity index (χ4n) is 2.51. The third-order valence-corrected chi connectivity index (χ3v) is 3.64. The lowest BCUT2D eigenvalue weighted by Gasteiger charge is -2.04. The van der Waals surface area contributed by atoms with E-state index in [1.165, 1.54) is 36.9 Å². The van der Waals surface area contributed by atoms with Crippen molar-refractivity contribution in [3.63, 3.8) is 0 Å². The summed E-state index contributed by atoms with van der Waals surface area (Å²) in [5, 5.41) is 3.32. The second kappa shape index (κ2) is 6.58. The van der Waals surface area contributed by atoms with Gasteiger partial charge in [-0.3, -0.25) is 4.79 Å². The van der Waals surface area contributed by atoms with Gasteiger partial charge >= 0.3 is 0 Å². The molecule has 2 nitrogen and oxygen atoms in total. The predicted molar refractivity (Wildman–Crippen MR) is 76.3 cm³/mol. The van der Waals surface area contributed by atoms with Gasteiger partial charge in [0.25, 0.3) is 0 Å². The van der Waals surface area contributed by atoms with Crippen molar-refractivity contribution >= 4 is 11.5 Å². The fourth-order valence-corrected chi connectivity index (χ4v) is 2.51. The fraction of sp³-hybridized carbons (Fsp3) is 0.562. The Hall–Kier alpha value is -1.31. The first-order valence-electron chi connectivity index (χ1n) is 7.21. The molecule has 0 fully saturated rings. The van der Waals surface area contributed by atoms with Crippen LogP contribution in [0.5, 0.6) is 0 Å². The molecule has 0 amide bonds. The van der Waals surface area contributed by atoms with E-state index in [1.807, 2.05) is 12.1 Å². The maximum atomic E-state index is 12.1. The lowest BCUT2D eigenvalue weighted by molar-refractivity contribution is 0.0979. The van der Waals surface area contributed by atoms with Gasteiger partial charge in [0, 0.05) is 24.2 Å². The van der Waals surface area contributed by atoms with E-state index in [-0.39, 0.29) is 0 Å². The minimum absolute atomic E-state index is 0.307. The van der Waals surface area contributed by atoms with Crippen LogP contribution >= 0.6 is 0 Å². The largest absolute Gasteiger partial charge is 0.384 e. The van der Waals surface area contributed by atoms with Crippen LogP contribution in [-0.4, -0.2) is 12.3 Å². The van der Waals surface area contributed by atoms with Gasteiger partial charge in [-0.15, -0.1) is 0 Å². The zero-order valence-corrected chi connectivity index (χ0v) is 11.3. The van der Waals surface area contributed by atoms with Gasteiger partial charge in [0.1, 0.15) is 0 Å². The minimum Gasteiger partial charge on any atom is -0.384 e. The van der Waals surface area contributed by atoms with Crippen molar-refractivity contribution in [2.45, 2.75) is 51.9 Å². The molecule has 1 heterocycles. The van der Waals surface area contributed by atoms with Gasteiger partial charge in [-0.25, -0.2) is 0 Å². The molecule has 0 unspecified atom stereocenters. The highest BCUT2D eigenvalue weighted by Crippen LogP contribution is 2.23. The third kappa shape index (κ3) is 3.34. The smallest absolute Gasteiger partial charge is 0.162 e. The summed E-state index contributed by atoms with van der Waals surface area (Å²) in [7, 11) is 0. The molecule has 18 heavy (non-hydrogen) atoms. The van der Waals surface area contributed by atoms with E-state index in [4.69, 9.17) is 0 Å². The summed E-state index contributed by atoms with van der Waals surface area (Å²) in [5.41, 5.74) is 3.40. The molecule has 1 aromatic carbocycles. The standard InChI is InChI=1S/C16H23NO/c1-2-3-4-5-6-7-16(18)14-8-9-15-13(12-14)10-11-17-15/h8-9,12,17H,2-7,10-11H2,1H3. The van der Waals surface area contributed by atoms with Crippen LogP contribution in [0.1, 0.15) is 61.4 Å². The number of carbonyl (C=O) groups is 1. The number of anilines is 1. The number of rotatable bonds is 7. The van der Waals surface area contributed by atoms with Crippen LogP contribution < -0.4 is 5.32 Å². The molecule has 1 aromatic rings. The van der Waals surface area contributed by atoms with E-state index in [0.717, 1.165) is 24.9 Å². The molecule has 0 radical (unpaired) electrons. The molecule has 2 heteroatoms. The van der Waals surface area contributed by atoms with Crippen molar-refractivity contribution in [2.24, 2.45) is 0 Å². The molecule has 98 valence electrons. The van der Waals surface area contributed by atoms with Crippen molar-refractivity contribution in [3.05, 3.63) is 29.3 Å². The van der Waals surface area contributed by atoms with Crippen LogP contribution in [0.15, 0.2) is 18.2 Å². The van der Waals surface area contributed by atoms with Crippen molar-refractivity contribution < 1.29 is 4.79 Å². The zero-order valence-electron chi connectivity index (χ0n) is 11.3. The van der Waals surface area contributed by atoms with Crippen LogP contribution in [-0.2, 0) is 6.42 Å². The molecule has 2 rings (SSSR count). The Balaban J connectivity index is 1.82. The molecular weight excluding hydrogens is 222 g/mol. The highest BCUT2D eigenvalue weighted by atomic mass is 16.1. The number of Topliss-reactive ketones (excluding diaryl/α,β-unsaturated/α-hetero) is 1. The van der Waals surface area contributed by atoms with Crippen molar-refractivity contribution in [3.8, 4) is 0 Å². The molecular formula is C16H23NO. The second-order valence-electron chi connectivity index (χ2n) is 5.14. The predicted octanol–water partition coefficient (Wildman–Crippen LogP) is 4.20. The van der Waals surface area contributed by atoms with Gasteiger partial charge in [0.2, 0.25) is 0 Å². The lowest BCUT2D eigenvalue weighted by Crippen LogP contribution is -1.99. The molecule has 0 bridgehead atoms. The molecule has 1 N–H and O–H groups in total. The van der Waals surface area contributed by atoms with E-state index in [1.54, 1.807) is 0 Å². The maximum Gasteiger partial charge on any atom is 0.162 e. The Morgan fingerprint density at radius 3 is 2.89 bits per heavy atom. The summed E-state index contributed by atoms with van der Waals surface area (Å²) >= 11 is 0. The molecule has 0 aliphatic carbocycles. The Bertz CT molecular complexity index is 412. The van der Waals surface area contributed by atoms with Crippen molar-refractivity contribution in [2.75, 3.05) is 11.9 Å². The minimum atomic E-state index is 0.307. The van der Waals surface area contributed by atoms with E-state index >= 15 is 0 Å². The number of benzene rings is 1. The summed E-state index contributed by atoms with van der Waals surface area (Å²) in [6.07, 6.45) is 7.78. The number of fused-ring (bicyclic) bond motifs is 1. The maximum absolute atomic E-state index is 12.1. The van der Waals surface area contributed by atoms with Crippen molar-refractivity contribution in [1.82, 2.24) is 0 Å². The van der Waals surface area contributed by atoms with Gasteiger partial charge in [0.05, 0.1) is 0 Å². The number of hydrogen-bond acceptors (Lipinski definition) is 2. The average Bonchev–Trinajstić information content (AvgIpc) is 2.85. The first-order valence-corrected chi connectivity index (χ1v) is 7.21. The molecule has 1 aliphatic rings. The van der Waals surface area contributed by atoms with Gasteiger partial charge < -0.3 is 5.32 Å². The Morgan fingerprint density at radius 1 is 1.22 bits per heavy atom. The summed E-state index contributed by atoms with van der Waals surface area (Å²) in [4.78, 5) is 12.1. The van der Waals surface area contributed by atoms with E-state index in [0.29, 0.717) is 12.2 Å².